The molecule has 206 valence electrons. The number of anilines is 2. The molecule has 3 aromatic heterocycles. The molecule has 7 rings (SSSR count). The average molecular weight is 547 g/mol. The fraction of sp³-hybridized carbons (Fsp3) is 0.370. The number of aromatic nitrogens is 3. The predicted octanol–water partition coefficient (Wildman–Crippen LogP) is 2.22. The van der Waals surface area contributed by atoms with Crippen molar-refractivity contribution in [1.29, 1.82) is 0 Å². The molecule has 0 unspecified atom stereocenters. The van der Waals surface area contributed by atoms with E-state index in [9.17, 15) is 14.4 Å². The van der Waals surface area contributed by atoms with Gasteiger partial charge in [0.2, 0.25) is 0 Å². The Morgan fingerprint density at radius 2 is 1.98 bits per heavy atom. The number of hydrogen-bond acceptors (Lipinski definition) is 10. The molecule has 0 aliphatic carbocycles. The monoisotopic (exact) mass is 546 g/mol. The maximum atomic E-state index is 13.2. The van der Waals surface area contributed by atoms with Crippen molar-refractivity contribution in [2.75, 3.05) is 50.1 Å². The summed E-state index contributed by atoms with van der Waals surface area (Å²) in [5.41, 5.74) is 0.862. The van der Waals surface area contributed by atoms with Crippen molar-refractivity contribution in [3.8, 4) is 11.5 Å². The molecule has 0 spiro atoms. The predicted molar refractivity (Wildman–Crippen MR) is 143 cm³/mol. The molecule has 6 heterocycles. The third-order valence-corrected chi connectivity index (χ3v) is 7.74. The van der Waals surface area contributed by atoms with Crippen molar-refractivity contribution < 1.29 is 28.3 Å². The van der Waals surface area contributed by atoms with Crippen molar-refractivity contribution in [3.05, 3.63) is 46.9 Å². The number of amides is 2. The van der Waals surface area contributed by atoms with Crippen molar-refractivity contribution in [2.45, 2.75) is 19.1 Å². The van der Waals surface area contributed by atoms with Crippen LogP contribution in [-0.2, 0) is 16.1 Å². The number of carbonyl (C=O) groups is 2. The van der Waals surface area contributed by atoms with Crippen molar-refractivity contribution in [2.24, 2.45) is 5.92 Å². The van der Waals surface area contributed by atoms with E-state index in [0.717, 1.165) is 24.0 Å². The van der Waals surface area contributed by atoms with Crippen molar-refractivity contribution in [1.82, 2.24) is 19.6 Å². The molecule has 1 N–H and O–H groups in total. The summed E-state index contributed by atoms with van der Waals surface area (Å²) in [6.07, 6.45) is 1.52. The van der Waals surface area contributed by atoms with E-state index in [1.54, 1.807) is 23.8 Å². The summed E-state index contributed by atoms with van der Waals surface area (Å²) < 4.78 is 23.4. The van der Waals surface area contributed by atoms with Crippen LogP contribution in [0.4, 0.5) is 16.4 Å². The Morgan fingerprint density at radius 3 is 2.85 bits per heavy atom. The van der Waals surface area contributed by atoms with Crippen LogP contribution in [0.2, 0.25) is 0 Å². The standard InChI is InChI=1S/C27H26N6O7/c1-37-16-3-4-17-18-13-39-30-24(18)26(35)32(19(17)9-16)8-2-7-31-10-15-11-33(27(36)40-21(15)12-31)22-6-5-20-25(28-22)29-23(34)14-38-20/h3-6,9,13,15,21H,2,7-8,10-12,14H2,1H3,(H,28,29,34)/t15-,21+/m1/s1. The summed E-state index contributed by atoms with van der Waals surface area (Å²) >= 11 is 0. The second kappa shape index (κ2) is 9.52. The van der Waals surface area contributed by atoms with Crippen LogP contribution in [-0.4, -0.2) is 77.6 Å². The maximum absolute atomic E-state index is 13.2. The molecule has 13 heteroatoms. The number of likely N-dealkylation sites (tertiary alicyclic amines) is 1. The first-order chi connectivity index (χ1) is 19.5. The molecule has 3 aliphatic heterocycles. The number of nitrogens with zero attached hydrogens (tertiary/aromatic N) is 5. The van der Waals surface area contributed by atoms with Gasteiger partial charge in [-0.15, -0.1) is 0 Å². The molecular weight excluding hydrogens is 520 g/mol. The highest BCUT2D eigenvalue weighted by atomic mass is 16.6. The lowest BCUT2D eigenvalue weighted by Crippen LogP contribution is -2.48. The smallest absolute Gasteiger partial charge is 0.415 e. The minimum Gasteiger partial charge on any atom is -0.497 e. The van der Waals surface area contributed by atoms with E-state index in [-0.39, 0.29) is 30.1 Å². The lowest BCUT2D eigenvalue weighted by atomic mass is 10.0. The van der Waals surface area contributed by atoms with Gasteiger partial charge in [0.1, 0.15) is 23.9 Å². The number of fused-ring (bicyclic) bond motifs is 5. The van der Waals surface area contributed by atoms with E-state index in [0.29, 0.717) is 60.1 Å². The first-order valence-corrected chi connectivity index (χ1v) is 13.1. The second-order valence-corrected chi connectivity index (χ2v) is 10.2. The van der Waals surface area contributed by atoms with Gasteiger partial charge in [0.05, 0.1) is 18.0 Å². The summed E-state index contributed by atoms with van der Waals surface area (Å²) in [6.45, 7) is 2.96. The number of rotatable bonds is 6. The molecule has 13 nitrogen and oxygen atoms in total. The molecule has 2 amide bonds. The molecule has 2 atom stereocenters. The molecule has 2 saturated heterocycles. The van der Waals surface area contributed by atoms with Gasteiger partial charge in [-0.25, -0.2) is 9.78 Å². The largest absolute Gasteiger partial charge is 0.497 e. The van der Waals surface area contributed by atoms with Gasteiger partial charge in [-0.1, -0.05) is 5.16 Å². The number of nitrogens with one attached hydrogen (secondary N) is 1. The van der Waals surface area contributed by atoms with Crippen LogP contribution in [0.15, 0.2) is 45.9 Å². The van der Waals surface area contributed by atoms with Crippen molar-refractivity contribution >= 4 is 45.4 Å². The third-order valence-electron chi connectivity index (χ3n) is 7.74. The number of aryl methyl sites for hydroxylation is 1. The Bertz CT molecular complexity index is 1720. The van der Waals surface area contributed by atoms with Crippen LogP contribution in [0.3, 0.4) is 0 Å². The highest BCUT2D eigenvalue weighted by molar-refractivity contribution is 6.04. The van der Waals surface area contributed by atoms with Gasteiger partial charge in [-0.05, 0) is 30.7 Å². The van der Waals surface area contributed by atoms with Crippen molar-refractivity contribution in [3.63, 3.8) is 0 Å². The Kier molecular flexibility index (Phi) is 5.81. The van der Waals surface area contributed by atoms with E-state index in [2.05, 4.69) is 20.4 Å². The van der Waals surface area contributed by atoms with E-state index < -0.39 is 6.09 Å². The Hall–Kier alpha value is -4.65. The van der Waals surface area contributed by atoms with Gasteiger partial charge in [-0.3, -0.25) is 19.4 Å². The molecule has 4 aromatic rings. The SMILES string of the molecule is COc1ccc2c3conc3c(=O)n(CCCN3C[C@@H]4CN(c5ccc6c(n5)NC(=O)CO6)C(=O)O[C@H]4C3)c2c1. The molecule has 0 saturated carbocycles. The molecule has 0 bridgehead atoms. The van der Waals surface area contributed by atoms with Gasteiger partial charge in [-0.2, -0.15) is 0 Å². The number of hydrogen-bond donors (Lipinski definition) is 1. The Labute approximate surface area is 227 Å². The highest BCUT2D eigenvalue weighted by Crippen LogP contribution is 2.33. The highest BCUT2D eigenvalue weighted by Gasteiger charge is 2.43. The molecule has 40 heavy (non-hydrogen) atoms. The van der Waals surface area contributed by atoms with E-state index in [1.807, 2.05) is 18.2 Å². The number of ether oxygens (including phenoxy) is 3. The summed E-state index contributed by atoms with van der Waals surface area (Å²) in [5, 5.41) is 8.16. The number of carbonyl (C=O) groups excluding carboxylic acids is 2. The molecule has 0 radical (unpaired) electrons. The molecule has 1 aromatic carbocycles. The Morgan fingerprint density at radius 1 is 1.07 bits per heavy atom. The fourth-order valence-electron chi connectivity index (χ4n) is 5.79. The number of benzene rings is 1. The zero-order valence-electron chi connectivity index (χ0n) is 21.7. The van der Waals surface area contributed by atoms with Crippen LogP contribution in [0.5, 0.6) is 11.5 Å². The van der Waals surface area contributed by atoms with Crippen LogP contribution < -0.4 is 25.2 Å². The van der Waals surface area contributed by atoms with Crippen LogP contribution >= 0.6 is 0 Å². The summed E-state index contributed by atoms with van der Waals surface area (Å²) in [4.78, 5) is 45.9. The minimum atomic E-state index is -0.466. The number of methoxy groups -OCH3 is 1. The van der Waals surface area contributed by atoms with Crippen LogP contribution in [0.1, 0.15) is 6.42 Å². The topological polar surface area (TPSA) is 141 Å². The Balaban J connectivity index is 1.04. The summed E-state index contributed by atoms with van der Waals surface area (Å²) in [6, 6.07) is 8.99. The quantitative estimate of drug-likeness (QED) is 0.383. The zero-order valence-corrected chi connectivity index (χ0v) is 21.7. The maximum Gasteiger partial charge on any atom is 0.415 e. The lowest BCUT2D eigenvalue weighted by Gasteiger charge is -2.33. The van der Waals surface area contributed by atoms with Crippen LogP contribution in [0, 0.1) is 5.92 Å². The molecule has 3 aliphatic rings. The zero-order chi connectivity index (χ0) is 27.4. The summed E-state index contributed by atoms with van der Waals surface area (Å²) in [5.74, 6) is 1.62. The van der Waals surface area contributed by atoms with Crippen LogP contribution in [0.25, 0.3) is 21.8 Å². The van der Waals surface area contributed by atoms with E-state index in [4.69, 9.17) is 18.7 Å². The first-order valence-electron chi connectivity index (χ1n) is 13.1. The van der Waals surface area contributed by atoms with E-state index >= 15 is 0 Å². The fourth-order valence-corrected chi connectivity index (χ4v) is 5.79. The van der Waals surface area contributed by atoms with E-state index in [1.165, 1.54) is 11.2 Å². The number of pyridine rings is 2. The van der Waals surface area contributed by atoms with Gasteiger partial charge >= 0.3 is 6.09 Å². The van der Waals surface area contributed by atoms with Gasteiger partial charge in [0.15, 0.2) is 23.7 Å². The average Bonchev–Trinajstić information content (AvgIpc) is 3.61. The minimum absolute atomic E-state index is 0.0623. The third kappa shape index (κ3) is 4.09. The first kappa shape index (κ1) is 24.4. The van der Waals surface area contributed by atoms with Gasteiger partial charge < -0.3 is 28.6 Å². The summed E-state index contributed by atoms with van der Waals surface area (Å²) in [7, 11) is 1.59. The second-order valence-electron chi connectivity index (χ2n) is 10.2. The lowest BCUT2D eigenvalue weighted by molar-refractivity contribution is -0.118. The molecule has 2 fully saturated rings. The normalized spacial score (nSPS) is 20.7. The van der Waals surface area contributed by atoms with Gasteiger partial charge in [0, 0.05) is 50.1 Å². The van der Waals surface area contributed by atoms with Gasteiger partial charge in [0.25, 0.3) is 11.5 Å². The molecular formula is C27H26N6O7.